The van der Waals surface area contributed by atoms with Gasteiger partial charge in [0.2, 0.25) is 0 Å². The van der Waals surface area contributed by atoms with E-state index in [2.05, 4.69) is 13.2 Å². The van der Waals surface area contributed by atoms with Crippen LogP contribution in [0.25, 0.3) is 0 Å². The van der Waals surface area contributed by atoms with E-state index in [0.717, 1.165) is 0 Å². The predicted octanol–water partition coefficient (Wildman–Crippen LogP) is 1.43. The van der Waals surface area contributed by atoms with Crippen LogP contribution in [0.5, 0.6) is 0 Å². The van der Waals surface area contributed by atoms with Crippen LogP contribution < -0.4 is 0 Å². The van der Waals surface area contributed by atoms with Crippen molar-refractivity contribution in [2.24, 2.45) is 0 Å². The normalized spacial score (nSPS) is 11.1. The van der Waals surface area contributed by atoms with Gasteiger partial charge in [-0.25, -0.2) is 0 Å². The Kier molecular flexibility index (Phi) is 4.53. The van der Waals surface area contributed by atoms with Crippen molar-refractivity contribution in [3.63, 3.8) is 0 Å². The van der Waals surface area contributed by atoms with E-state index in [1.54, 1.807) is 0 Å². The van der Waals surface area contributed by atoms with Gasteiger partial charge in [-0.2, -0.15) is 0 Å². The molecule has 0 atom stereocenters. The predicted molar refractivity (Wildman–Crippen MR) is 48.3 cm³/mol. The van der Waals surface area contributed by atoms with Gasteiger partial charge in [-0.3, -0.25) is 0 Å². The van der Waals surface area contributed by atoms with Crippen LogP contribution in [-0.2, 0) is 0 Å². The lowest BCUT2D eigenvalue weighted by Crippen LogP contribution is -2.15. The maximum atomic E-state index is 8.67. The fourth-order valence-corrected chi connectivity index (χ4v) is 0.731. The van der Waals surface area contributed by atoms with Gasteiger partial charge in [-0.1, -0.05) is 36.4 Å². The van der Waals surface area contributed by atoms with E-state index in [9.17, 15) is 0 Å². The summed E-state index contributed by atoms with van der Waals surface area (Å²) in [6, 6.07) is 0. The summed E-state index contributed by atoms with van der Waals surface area (Å²) in [5.41, 5.74) is 0.0478. The molecule has 0 aromatic heterocycles. The van der Waals surface area contributed by atoms with E-state index in [1.807, 2.05) is 0 Å². The molecule has 5 heteroatoms. The molecule has 0 saturated heterocycles. The number of halogens is 2. The Bertz CT molecular complexity index is 211. The smallest absolute Gasteiger partial charge is 0.423 e. The second kappa shape index (κ2) is 4.62. The van der Waals surface area contributed by atoms with E-state index in [4.69, 9.17) is 33.2 Å². The summed E-state index contributed by atoms with van der Waals surface area (Å²) in [6.07, 6.45) is 1.24. The molecular weight excluding hydrogens is 186 g/mol. The highest BCUT2D eigenvalue weighted by Crippen LogP contribution is 2.16. The first kappa shape index (κ1) is 10.8. The molecule has 0 radical (unpaired) electrons. The molecule has 0 aromatic rings. The SMILES string of the molecule is C=C(Cl)/C=C(/B(O)O)C(=C)Cl. The molecule has 0 aliphatic heterocycles. The molecule has 11 heavy (non-hydrogen) atoms. The molecule has 0 fully saturated rings. The summed E-state index contributed by atoms with van der Waals surface area (Å²) in [4.78, 5) is 0. The Morgan fingerprint density at radius 1 is 1.27 bits per heavy atom. The van der Waals surface area contributed by atoms with Crippen molar-refractivity contribution in [3.8, 4) is 0 Å². The number of rotatable bonds is 3. The molecule has 0 rings (SSSR count). The second-order valence-corrected chi connectivity index (χ2v) is 2.77. The van der Waals surface area contributed by atoms with Gasteiger partial charge in [0.1, 0.15) is 0 Å². The molecule has 0 aliphatic rings. The van der Waals surface area contributed by atoms with Crippen molar-refractivity contribution < 1.29 is 10.0 Å². The molecule has 2 N–H and O–H groups in total. The minimum absolute atomic E-state index is 0.0294. The second-order valence-electron chi connectivity index (χ2n) is 1.83. The molecule has 2 nitrogen and oxygen atoms in total. The molecule has 0 saturated carbocycles. The van der Waals surface area contributed by atoms with Gasteiger partial charge in [-0.05, 0) is 6.08 Å². The lowest BCUT2D eigenvalue weighted by molar-refractivity contribution is 0.420. The average Bonchev–Trinajstić information content (AvgIpc) is 1.81. The largest absolute Gasteiger partial charge is 0.489 e. The van der Waals surface area contributed by atoms with Crippen LogP contribution in [0, 0.1) is 0 Å². The molecule has 0 aliphatic carbocycles. The van der Waals surface area contributed by atoms with Crippen LogP contribution in [0.15, 0.2) is 34.8 Å². The van der Waals surface area contributed by atoms with Crippen molar-refractivity contribution in [1.29, 1.82) is 0 Å². The van der Waals surface area contributed by atoms with Gasteiger partial charge in [0, 0.05) is 15.5 Å². The Morgan fingerprint density at radius 2 is 1.73 bits per heavy atom. The Hall–Kier alpha value is -0.215. The molecule has 0 amide bonds. The van der Waals surface area contributed by atoms with Crippen molar-refractivity contribution in [2.45, 2.75) is 0 Å². The zero-order valence-corrected chi connectivity index (χ0v) is 7.23. The van der Waals surface area contributed by atoms with E-state index < -0.39 is 7.12 Å². The third kappa shape index (κ3) is 4.27. The monoisotopic (exact) mass is 192 g/mol. The van der Waals surface area contributed by atoms with Gasteiger partial charge in [-0.15, -0.1) is 0 Å². The van der Waals surface area contributed by atoms with Crippen molar-refractivity contribution in [2.75, 3.05) is 0 Å². The minimum atomic E-state index is -1.67. The van der Waals surface area contributed by atoms with Gasteiger partial charge >= 0.3 is 7.12 Å². The van der Waals surface area contributed by atoms with Crippen molar-refractivity contribution in [3.05, 3.63) is 34.8 Å². The molecular formula is C6H7BCl2O2. The summed E-state index contributed by atoms with van der Waals surface area (Å²) in [7, 11) is -1.67. The van der Waals surface area contributed by atoms with E-state index >= 15 is 0 Å². The zero-order chi connectivity index (χ0) is 9.02. The van der Waals surface area contributed by atoms with Gasteiger partial charge in [0.25, 0.3) is 0 Å². The summed E-state index contributed by atoms with van der Waals surface area (Å²) >= 11 is 10.8. The third-order valence-corrected chi connectivity index (χ3v) is 1.23. The van der Waals surface area contributed by atoms with Crippen molar-refractivity contribution in [1.82, 2.24) is 0 Å². The Balaban J connectivity index is 4.60. The van der Waals surface area contributed by atoms with Crippen LogP contribution in [0.1, 0.15) is 0 Å². The zero-order valence-electron chi connectivity index (χ0n) is 5.72. The Morgan fingerprint density at radius 3 is 1.82 bits per heavy atom. The van der Waals surface area contributed by atoms with Gasteiger partial charge in [0.15, 0.2) is 0 Å². The first-order valence-electron chi connectivity index (χ1n) is 2.72. The van der Waals surface area contributed by atoms with Crippen LogP contribution in [0.3, 0.4) is 0 Å². The fourth-order valence-electron chi connectivity index (χ4n) is 0.462. The molecule has 0 aromatic carbocycles. The maximum Gasteiger partial charge on any atom is 0.489 e. The minimum Gasteiger partial charge on any atom is -0.423 e. The van der Waals surface area contributed by atoms with Crippen molar-refractivity contribution >= 4 is 30.3 Å². The number of allylic oxidation sites excluding steroid dienone is 4. The van der Waals surface area contributed by atoms with Gasteiger partial charge < -0.3 is 10.0 Å². The van der Waals surface area contributed by atoms with E-state index in [-0.39, 0.29) is 15.5 Å². The van der Waals surface area contributed by atoms with E-state index in [1.165, 1.54) is 6.08 Å². The maximum absolute atomic E-state index is 8.67. The highest BCUT2D eigenvalue weighted by molar-refractivity contribution is 6.57. The lowest BCUT2D eigenvalue weighted by Gasteiger charge is -2.01. The molecule has 0 unspecified atom stereocenters. The first-order chi connectivity index (χ1) is 4.95. The number of hydrogen-bond donors (Lipinski definition) is 2. The summed E-state index contributed by atoms with van der Waals surface area (Å²) < 4.78 is 0. The van der Waals surface area contributed by atoms with Crippen LogP contribution >= 0.6 is 23.2 Å². The topological polar surface area (TPSA) is 40.5 Å². The van der Waals surface area contributed by atoms with Crippen LogP contribution in [-0.4, -0.2) is 17.2 Å². The quantitative estimate of drug-likeness (QED) is 0.525. The number of hydrogen-bond acceptors (Lipinski definition) is 2. The lowest BCUT2D eigenvalue weighted by atomic mass is 9.79. The summed E-state index contributed by atoms with van der Waals surface area (Å²) in [5.74, 6) is 0. The third-order valence-electron chi connectivity index (χ3n) is 0.904. The van der Waals surface area contributed by atoms with Crippen LogP contribution in [0.4, 0.5) is 0 Å². The van der Waals surface area contributed by atoms with Crippen LogP contribution in [0.2, 0.25) is 0 Å². The standard InChI is InChI=1S/C6H7BCl2O2/c1-4(8)3-6(5(2)9)7(10)11/h3,10-11H,1-2H2/b6-3+. The average molecular weight is 193 g/mol. The fraction of sp³-hybridized carbons (Fsp3) is 0. The highest BCUT2D eigenvalue weighted by atomic mass is 35.5. The van der Waals surface area contributed by atoms with E-state index in [0.29, 0.717) is 0 Å². The Labute approximate surface area is 75.6 Å². The molecule has 0 spiro atoms. The summed E-state index contributed by atoms with van der Waals surface area (Å²) in [6.45, 7) is 6.63. The molecule has 0 bridgehead atoms. The highest BCUT2D eigenvalue weighted by Gasteiger charge is 2.16. The molecule has 0 heterocycles. The van der Waals surface area contributed by atoms with Gasteiger partial charge in [0.05, 0.1) is 0 Å². The molecule has 60 valence electrons. The first-order valence-corrected chi connectivity index (χ1v) is 3.47. The summed E-state index contributed by atoms with van der Waals surface area (Å²) in [5, 5.41) is 17.5.